The second-order valence-corrected chi connectivity index (χ2v) is 16.0. The Labute approximate surface area is 322 Å². The number of hydrogen-bond acceptors (Lipinski definition) is 8. The highest BCUT2D eigenvalue weighted by atomic mass is 16.4. The molecule has 1 saturated heterocycles. The number of pyridine rings is 2. The normalized spacial score (nSPS) is 21.1. The summed E-state index contributed by atoms with van der Waals surface area (Å²) in [6, 6.07) is 15.3. The van der Waals surface area contributed by atoms with Gasteiger partial charge in [0, 0.05) is 42.9 Å². The SMILES string of the molecule is Cc1c(NC(=O)c2cc(C3CC3)c(CN[C@H]3C[C@H](O)C3)cn2)cccc1-c1cccc(NC(=O)c2cc(C3CC3)c(CN3CCCC[C@H]3C(=O)O)cn2)c1C. The summed E-state index contributed by atoms with van der Waals surface area (Å²) in [6.07, 6.45) is 11.8. The number of carboxylic acids is 1. The van der Waals surface area contributed by atoms with Crippen molar-refractivity contribution in [3.05, 3.63) is 106 Å². The Morgan fingerprint density at radius 3 is 1.84 bits per heavy atom. The van der Waals surface area contributed by atoms with E-state index in [4.69, 9.17) is 0 Å². The zero-order chi connectivity index (χ0) is 38.2. The lowest BCUT2D eigenvalue weighted by Gasteiger charge is -2.33. The van der Waals surface area contributed by atoms with Crippen LogP contribution in [0.2, 0.25) is 0 Å². The van der Waals surface area contributed by atoms with Gasteiger partial charge in [-0.15, -0.1) is 0 Å². The van der Waals surface area contributed by atoms with Crippen molar-refractivity contribution < 1.29 is 24.6 Å². The summed E-state index contributed by atoms with van der Waals surface area (Å²) in [5.41, 5.74) is 10.1. The topological polar surface area (TPSA) is 157 Å². The molecule has 2 aromatic heterocycles. The van der Waals surface area contributed by atoms with Crippen LogP contribution in [0.25, 0.3) is 11.1 Å². The van der Waals surface area contributed by atoms with Crippen molar-refractivity contribution in [2.75, 3.05) is 17.2 Å². The molecule has 0 unspecified atom stereocenters. The van der Waals surface area contributed by atoms with E-state index in [-0.39, 0.29) is 17.9 Å². The van der Waals surface area contributed by atoms with E-state index >= 15 is 0 Å². The van der Waals surface area contributed by atoms with Gasteiger partial charge < -0.3 is 26.2 Å². The van der Waals surface area contributed by atoms with Crippen molar-refractivity contribution in [3.8, 4) is 11.1 Å². The summed E-state index contributed by atoms with van der Waals surface area (Å²) in [6.45, 7) is 5.90. The van der Waals surface area contributed by atoms with Crippen LogP contribution in [0.4, 0.5) is 11.4 Å². The molecule has 3 heterocycles. The molecule has 11 heteroatoms. The van der Waals surface area contributed by atoms with Crippen molar-refractivity contribution in [2.24, 2.45) is 0 Å². The van der Waals surface area contributed by atoms with Gasteiger partial charge in [0.2, 0.25) is 0 Å². The van der Waals surface area contributed by atoms with Crippen molar-refractivity contribution in [1.82, 2.24) is 20.2 Å². The Balaban J connectivity index is 0.968. The first kappa shape index (κ1) is 37.0. The summed E-state index contributed by atoms with van der Waals surface area (Å²) in [4.78, 5) is 50.4. The number of benzene rings is 2. The summed E-state index contributed by atoms with van der Waals surface area (Å²) < 4.78 is 0. The van der Waals surface area contributed by atoms with Gasteiger partial charge in [0.1, 0.15) is 17.4 Å². The van der Waals surface area contributed by atoms with Crippen LogP contribution in [-0.2, 0) is 17.9 Å². The van der Waals surface area contributed by atoms with Crippen LogP contribution < -0.4 is 16.0 Å². The number of hydrogen-bond donors (Lipinski definition) is 5. The first-order valence-corrected chi connectivity index (χ1v) is 19.8. The standard InChI is InChI=1S/C44H50N6O5/c1-25-33(7-5-9-37(25)48-42(52)39-19-35(27-12-13-27)29(22-46-39)21-45-31-17-32(51)18-31)34-8-6-10-38(26(34)2)49-43(53)40-20-36(28-14-15-28)30(23-47-40)24-50-16-4-3-11-41(50)44(54)55/h5-10,19-20,22-23,27-28,31-32,41,45,51H,3-4,11-18,21,24H2,1-2H3,(H,48,52)(H,49,53)(H,54,55)/t31-,32-,41-/m0/s1. The van der Waals surface area contributed by atoms with E-state index in [2.05, 4.69) is 25.9 Å². The molecule has 2 amide bonds. The number of likely N-dealkylation sites (tertiary alicyclic amines) is 1. The second kappa shape index (κ2) is 15.6. The largest absolute Gasteiger partial charge is 0.480 e. The number of carbonyl (C=O) groups is 3. The molecule has 4 aliphatic rings. The molecule has 3 aliphatic carbocycles. The first-order chi connectivity index (χ1) is 26.6. The van der Waals surface area contributed by atoms with Crippen LogP contribution in [0.15, 0.2) is 60.9 Å². The molecule has 1 aliphatic heterocycles. The van der Waals surface area contributed by atoms with E-state index < -0.39 is 12.0 Å². The molecule has 0 radical (unpaired) electrons. The lowest BCUT2D eigenvalue weighted by Crippen LogP contribution is -2.44. The number of nitrogens with zero attached hydrogens (tertiary/aromatic N) is 3. The molecule has 4 aromatic rings. The van der Waals surface area contributed by atoms with Crippen LogP contribution in [0.1, 0.15) is 124 Å². The van der Waals surface area contributed by atoms with Gasteiger partial charge in [-0.05, 0) is 152 Å². The number of nitrogens with one attached hydrogen (secondary N) is 3. The molecule has 4 fully saturated rings. The Bertz CT molecular complexity index is 2120. The van der Waals surface area contributed by atoms with Gasteiger partial charge in [-0.1, -0.05) is 30.7 Å². The van der Waals surface area contributed by atoms with Crippen molar-refractivity contribution in [1.29, 1.82) is 0 Å². The second-order valence-electron chi connectivity index (χ2n) is 16.0. The Hall–Kier alpha value is -4.97. The minimum Gasteiger partial charge on any atom is -0.480 e. The molecule has 5 N–H and O–H groups in total. The minimum atomic E-state index is -0.780. The van der Waals surface area contributed by atoms with E-state index in [1.54, 1.807) is 6.20 Å². The molecule has 2 aromatic carbocycles. The van der Waals surface area contributed by atoms with E-state index in [1.807, 2.05) is 73.5 Å². The molecular weight excluding hydrogens is 693 g/mol. The third-order valence-electron chi connectivity index (χ3n) is 12.0. The minimum absolute atomic E-state index is 0.207. The molecule has 11 nitrogen and oxygen atoms in total. The molecule has 1 atom stereocenters. The molecule has 55 heavy (non-hydrogen) atoms. The number of amides is 2. The van der Waals surface area contributed by atoms with Gasteiger partial charge in [-0.25, -0.2) is 0 Å². The van der Waals surface area contributed by atoms with Crippen LogP contribution >= 0.6 is 0 Å². The zero-order valence-electron chi connectivity index (χ0n) is 31.6. The summed E-state index contributed by atoms with van der Waals surface area (Å²) >= 11 is 0. The van der Waals surface area contributed by atoms with E-state index in [0.717, 1.165) is 96.9 Å². The number of aliphatic carboxylic acids is 1. The van der Waals surface area contributed by atoms with Gasteiger partial charge in [-0.2, -0.15) is 0 Å². The zero-order valence-corrected chi connectivity index (χ0v) is 31.6. The maximum absolute atomic E-state index is 13.7. The predicted octanol–water partition coefficient (Wildman–Crippen LogP) is 7.07. The summed E-state index contributed by atoms with van der Waals surface area (Å²) in [5, 5.41) is 29.2. The molecule has 0 spiro atoms. The highest BCUT2D eigenvalue weighted by Crippen LogP contribution is 2.43. The van der Waals surface area contributed by atoms with Crippen LogP contribution in [0.3, 0.4) is 0 Å². The number of aliphatic hydroxyl groups is 1. The molecule has 0 bridgehead atoms. The maximum atomic E-state index is 13.7. The van der Waals surface area contributed by atoms with E-state index in [0.29, 0.717) is 60.2 Å². The number of carbonyl (C=O) groups excluding carboxylic acids is 2. The average Bonchev–Trinajstić information content (AvgIpc) is 4.10. The summed E-state index contributed by atoms with van der Waals surface area (Å²) in [7, 11) is 0. The third kappa shape index (κ3) is 8.20. The quantitative estimate of drug-likeness (QED) is 0.0967. The monoisotopic (exact) mass is 742 g/mol. The number of rotatable bonds is 13. The summed E-state index contributed by atoms with van der Waals surface area (Å²) in [5.74, 6) is -0.521. The Morgan fingerprint density at radius 1 is 0.764 bits per heavy atom. The maximum Gasteiger partial charge on any atom is 0.320 e. The van der Waals surface area contributed by atoms with Gasteiger partial charge in [-0.3, -0.25) is 29.3 Å². The van der Waals surface area contributed by atoms with Gasteiger partial charge in [0.25, 0.3) is 11.8 Å². The lowest BCUT2D eigenvalue weighted by atomic mass is 9.89. The van der Waals surface area contributed by atoms with Crippen molar-refractivity contribution in [2.45, 2.75) is 115 Å². The number of aromatic nitrogens is 2. The fourth-order valence-electron chi connectivity index (χ4n) is 8.26. The number of carboxylic acid groups (broad SMARTS) is 1. The average molecular weight is 743 g/mol. The van der Waals surface area contributed by atoms with Crippen molar-refractivity contribution in [3.63, 3.8) is 0 Å². The fourth-order valence-corrected chi connectivity index (χ4v) is 8.26. The van der Waals surface area contributed by atoms with E-state index in [9.17, 15) is 24.6 Å². The molecular formula is C44H50N6O5. The highest BCUT2D eigenvalue weighted by Gasteiger charge is 2.33. The van der Waals surface area contributed by atoms with Crippen LogP contribution in [0.5, 0.6) is 0 Å². The Morgan fingerprint density at radius 2 is 1.31 bits per heavy atom. The van der Waals surface area contributed by atoms with Gasteiger partial charge in [0.15, 0.2) is 0 Å². The fraction of sp³-hybridized carbons (Fsp3) is 0.432. The van der Waals surface area contributed by atoms with Gasteiger partial charge in [0.05, 0.1) is 6.10 Å². The molecule has 3 saturated carbocycles. The predicted molar refractivity (Wildman–Crippen MR) is 211 cm³/mol. The smallest absolute Gasteiger partial charge is 0.320 e. The van der Waals surface area contributed by atoms with Crippen LogP contribution in [0, 0.1) is 13.8 Å². The first-order valence-electron chi connectivity index (χ1n) is 19.8. The van der Waals surface area contributed by atoms with Crippen molar-refractivity contribution >= 4 is 29.2 Å². The highest BCUT2D eigenvalue weighted by molar-refractivity contribution is 6.05. The lowest BCUT2D eigenvalue weighted by molar-refractivity contribution is -0.144. The number of anilines is 2. The van der Waals surface area contributed by atoms with E-state index in [1.165, 1.54) is 5.56 Å². The third-order valence-corrected chi connectivity index (χ3v) is 12.0. The number of aliphatic hydroxyl groups excluding tert-OH is 1. The Kier molecular flexibility index (Phi) is 10.5. The molecule has 286 valence electrons. The van der Waals surface area contributed by atoms with Gasteiger partial charge >= 0.3 is 5.97 Å². The molecule has 8 rings (SSSR count). The number of piperidine rings is 1. The van der Waals surface area contributed by atoms with Crippen LogP contribution in [-0.4, -0.2) is 67.6 Å².